The Kier molecular flexibility index (Phi) is 8.02. The van der Waals surface area contributed by atoms with Gasteiger partial charge in [0.2, 0.25) is 11.7 Å². The predicted octanol–water partition coefficient (Wildman–Crippen LogP) is 4.33. The van der Waals surface area contributed by atoms with Crippen LogP contribution >= 0.6 is 0 Å². The number of benzene rings is 1. The molecule has 2 aromatic rings. The Hall–Kier alpha value is -3.07. The number of nitrogens with zero attached hydrogens (tertiary/aromatic N) is 2. The molecule has 0 aliphatic carbocycles. The van der Waals surface area contributed by atoms with Gasteiger partial charge in [-0.25, -0.2) is 0 Å². The molecule has 6 nitrogen and oxygen atoms in total. The van der Waals surface area contributed by atoms with Crippen molar-refractivity contribution in [1.82, 2.24) is 4.57 Å². The summed E-state index contributed by atoms with van der Waals surface area (Å²) < 4.78 is 6.82. The van der Waals surface area contributed by atoms with Crippen molar-refractivity contribution in [2.75, 3.05) is 6.61 Å². The third kappa shape index (κ3) is 4.86. The molecule has 29 heavy (non-hydrogen) atoms. The summed E-state index contributed by atoms with van der Waals surface area (Å²) in [6.45, 7) is 6.28. The average molecular weight is 396 g/mol. The minimum atomic E-state index is -0.564. The monoisotopic (exact) mass is 396 g/mol. The number of rotatable bonds is 10. The molecular weight excluding hydrogens is 368 g/mol. The van der Waals surface area contributed by atoms with Crippen molar-refractivity contribution in [3.8, 4) is 17.7 Å². The molecule has 2 rings (SSSR count). The molecule has 0 fully saturated rings. The van der Waals surface area contributed by atoms with Gasteiger partial charge in [0.05, 0.1) is 17.7 Å². The molecule has 1 N–H and O–H groups in total. The number of unbranched alkanes of at least 4 members (excludes halogenated alkanes) is 3. The van der Waals surface area contributed by atoms with E-state index in [4.69, 9.17) is 4.74 Å². The van der Waals surface area contributed by atoms with Crippen LogP contribution in [-0.4, -0.2) is 22.1 Å². The SMILES string of the molecule is CCCCCCn1c(O)c(C(=O)c2ccccc2OCCC)c(C)c(C#N)c1=O. The number of hydrogen-bond acceptors (Lipinski definition) is 5. The fraction of sp³-hybridized carbons (Fsp3) is 0.435. The van der Waals surface area contributed by atoms with Crippen LogP contribution in [0.3, 0.4) is 0 Å². The van der Waals surface area contributed by atoms with Crippen molar-refractivity contribution in [1.29, 1.82) is 5.26 Å². The number of ketones is 1. The lowest BCUT2D eigenvalue weighted by Crippen LogP contribution is -2.27. The minimum Gasteiger partial charge on any atom is -0.494 e. The molecule has 1 aromatic heterocycles. The Morgan fingerprint density at radius 2 is 1.90 bits per heavy atom. The molecule has 0 spiro atoms. The van der Waals surface area contributed by atoms with E-state index in [1.165, 1.54) is 6.92 Å². The van der Waals surface area contributed by atoms with E-state index >= 15 is 0 Å². The number of hydrogen-bond donors (Lipinski definition) is 1. The number of pyridine rings is 1. The highest BCUT2D eigenvalue weighted by Crippen LogP contribution is 2.29. The molecule has 6 heteroatoms. The number of para-hydroxylation sites is 1. The van der Waals surface area contributed by atoms with Gasteiger partial charge in [0.1, 0.15) is 17.4 Å². The maximum Gasteiger partial charge on any atom is 0.271 e. The molecule has 0 saturated heterocycles. The fourth-order valence-electron chi connectivity index (χ4n) is 3.25. The zero-order valence-corrected chi connectivity index (χ0v) is 17.3. The molecule has 1 heterocycles. The lowest BCUT2D eigenvalue weighted by molar-refractivity contribution is 0.103. The van der Waals surface area contributed by atoms with Crippen LogP contribution in [0.1, 0.15) is 73.0 Å². The second kappa shape index (κ2) is 10.5. The van der Waals surface area contributed by atoms with Crippen molar-refractivity contribution in [3.05, 3.63) is 56.9 Å². The maximum absolute atomic E-state index is 13.3. The summed E-state index contributed by atoms with van der Waals surface area (Å²) in [4.78, 5) is 26.0. The van der Waals surface area contributed by atoms with Crippen LogP contribution in [0.25, 0.3) is 0 Å². The molecular formula is C23H28N2O4. The molecule has 0 radical (unpaired) electrons. The molecule has 0 saturated carbocycles. The number of carbonyl (C=O) groups is 1. The summed E-state index contributed by atoms with van der Waals surface area (Å²) in [6.07, 6.45) is 4.42. The van der Waals surface area contributed by atoms with Crippen LogP contribution < -0.4 is 10.3 Å². The van der Waals surface area contributed by atoms with Crippen molar-refractivity contribution in [2.45, 2.75) is 59.4 Å². The van der Waals surface area contributed by atoms with Crippen molar-refractivity contribution >= 4 is 5.78 Å². The van der Waals surface area contributed by atoms with Gasteiger partial charge in [0.15, 0.2) is 0 Å². The Morgan fingerprint density at radius 3 is 2.55 bits per heavy atom. The quantitative estimate of drug-likeness (QED) is 0.476. The van der Waals surface area contributed by atoms with Crippen molar-refractivity contribution in [2.24, 2.45) is 0 Å². The smallest absolute Gasteiger partial charge is 0.271 e. The summed E-state index contributed by atoms with van der Waals surface area (Å²) >= 11 is 0. The Bertz CT molecular complexity index is 970. The van der Waals surface area contributed by atoms with Gasteiger partial charge in [-0.05, 0) is 37.5 Å². The zero-order chi connectivity index (χ0) is 21.4. The van der Waals surface area contributed by atoms with Crippen LogP contribution in [0.15, 0.2) is 29.1 Å². The highest BCUT2D eigenvalue weighted by molar-refractivity contribution is 6.13. The molecule has 0 aliphatic rings. The van der Waals surface area contributed by atoms with Gasteiger partial charge in [0, 0.05) is 6.54 Å². The number of nitriles is 1. The Morgan fingerprint density at radius 1 is 1.17 bits per heavy atom. The van der Waals surface area contributed by atoms with Crippen molar-refractivity contribution < 1.29 is 14.6 Å². The van der Waals surface area contributed by atoms with Crippen LogP contribution in [-0.2, 0) is 6.54 Å². The summed E-state index contributed by atoms with van der Waals surface area (Å²) in [5, 5.41) is 20.3. The molecule has 0 atom stereocenters. The van der Waals surface area contributed by atoms with Crippen LogP contribution in [0.4, 0.5) is 0 Å². The molecule has 0 amide bonds. The van der Waals surface area contributed by atoms with Crippen LogP contribution in [0.2, 0.25) is 0 Å². The Balaban J connectivity index is 2.56. The van der Waals surface area contributed by atoms with E-state index in [2.05, 4.69) is 6.92 Å². The van der Waals surface area contributed by atoms with E-state index in [9.17, 15) is 20.0 Å². The minimum absolute atomic E-state index is 0.0239. The van der Waals surface area contributed by atoms with E-state index in [0.29, 0.717) is 24.3 Å². The molecule has 0 unspecified atom stereocenters. The standard InChI is InChI=1S/C23H28N2O4/c1-4-6-7-10-13-25-22(27)18(15-24)16(3)20(23(25)28)21(26)17-11-8-9-12-19(17)29-14-5-2/h8-9,11-12,28H,4-7,10,13-14H2,1-3H3. The van der Waals surface area contributed by atoms with E-state index in [1.807, 2.05) is 13.0 Å². The average Bonchev–Trinajstić information content (AvgIpc) is 2.72. The van der Waals surface area contributed by atoms with Gasteiger partial charge >= 0.3 is 0 Å². The largest absolute Gasteiger partial charge is 0.494 e. The lowest BCUT2D eigenvalue weighted by Gasteiger charge is -2.17. The summed E-state index contributed by atoms with van der Waals surface area (Å²) in [5.41, 5.74) is -0.224. The fourth-order valence-corrected chi connectivity index (χ4v) is 3.25. The zero-order valence-electron chi connectivity index (χ0n) is 17.3. The van der Waals surface area contributed by atoms with E-state index < -0.39 is 17.2 Å². The third-order valence-corrected chi connectivity index (χ3v) is 4.86. The topological polar surface area (TPSA) is 92.3 Å². The van der Waals surface area contributed by atoms with Gasteiger partial charge in [-0.3, -0.25) is 14.2 Å². The van der Waals surface area contributed by atoms with Gasteiger partial charge in [0.25, 0.3) is 5.56 Å². The Labute approximate surface area is 171 Å². The first kappa shape index (κ1) is 22.2. The first-order chi connectivity index (χ1) is 14.0. The third-order valence-electron chi connectivity index (χ3n) is 4.86. The van der Waals surface area contributed by atoms with E-state index in [0.717, 1.165) is 30.3 Å². The number of ether oxygens (including phenoxy) is 1. The number of aromatic hydroxyl groups is 1. The highest BCUT2D eigenvalue weighted by Gasteiger charge is 2.26. The number of aromatic nitrogens is 1. The lowest BCUT2D eigenvalue weighted by atomic mass is 9.96. The van der Waals surface area contributed by atoms with E-state index in [-0.39, 0.29) is 23.2 Å². The van der Waals surface area contributed by atoms with Gasteiger partial charge in [-0.2, -0.15) is 5.26 Å². The molecule has 0 aliphatic heterocycles. The second-order valence-electron chi connectivity index (χ2n) is 7.00. The van der Waals surface area contributed by atoms with Crippen LogP contribution in [0.5, 0.6) is 11.6 Å². The second-order valence-corrected chi connectivity index (χ2v) is 7.00. The first-order valence-corrected chi connectivity index (χ1v) is 10.1. The predicted molar refractivity (Wildman–Crippen MR) is 112 cm³/mol. The van der Waals surface area contributed by atoms with Crippen molar-refractivity contribution in [3.63, 3.8) is 0 Å². The first-order valence-electron chi connectivity index (χ1n) is 10.1. The van der Waals surface area contributed by atoms with Gasteiger partial charge < -0.3 is 9.84 Å². The summed E-state index contributed by atoms with van der Waals surface area (Å²) in [5.74, 6) is -0.443. The van der Waals surface area contributed by atoms with E-state index in [1.54, 1.807) is 24.3 Å². The molecule has 0 bridgehead atoms. The van der Waals surface area contributed by atoms with Crippen LogP contribution in [0, 0.1) is 18.3 Å². The molecule has 154 valence electrons. The molecule has 1 aromatic carbocycles. The summed E-state index contributed by atoms with van der Waals surface area (Å²) in [7, 11) is 0. The highest BCUT2D eigenvalue weighted by atomic mass is 16.5. The van der Waals surface area contributed by atoms with Gasteiger partial charge in [-0.15, -0.1) is 0 Å². The number of carbonyl (C=O) groups excluding carboxylic acids is 1. The van der Waals surface area contributed by atoms with Gasteiger partial charge in [-0.1, -0.05) is 45.2 Å². The summed E-state index contributed by atoms with van der Waals surface area (Å²) in [6, 6.07) is 8.70. The normalized spacial score (nSPS) is 10.6. The maximum atomic E-state index is 13.3.